The minimum atomic E-state index is -1.21. The van der Waals surface area contributed by atoms with Crippen molar-refractivity contribution in [3.63, 3.8) is 0 Å². The molecule has 17 heavy (non-hydrogen) atoms. The average Bonchev–Trinajstić information content (AvgIpc) is 2.26. The van der Waals surface area contributed by atoms with Gasteiger partial charge in [0.1, 0.15) is 11.6 Å². The van der Waals surface area contributed by atoms with Gasteiger partial charge in [0.25, 0.3) is 0 Å². The number of aliphatic carboxylic acids is 1. The predicted octanol–water partition coefficient (Wildman–Crippen LogP) is 2.13. The lowest BCUT2D eigenvalue weighted by molar-refractivity contribution is -0.131. The van der Waals surface area contributed by atoms with Gasteiger partial charge in [-0.2, -0.15) is 0 Å². The maximum absolute atomic E-state index is 13.9. The number of ketones is 1. The van der Waals surface area contributed by atoms with E-state index in [4.69, 9.17) is 9.84 Å². The van der Waals surface area contributed by atoms with Crippen molar-refractivity contribution in [2.75, 3.05) is 7.11 Å². The molecule has 1 N–H and O–H groups in total. The lowest BCUT2D eigenvalue weighted by atomic mass is 10.1. The first kappa shape index (κ1) is 12.9. The molecule has 0 amide bonds. The van der Waals surface area contributed by atoms with E-state index < -0.39 is 17.6 Å². The van der Waals surface area contributed by atoms with Crippen LogP contribution >= 0.6 is 0 Å². The Hall–Kier alpha value is -2.17. The molecule has 0 atom stereocenters. The third kappa shape index (κ3) is 2.90. The second-order valence-electron chi connectivity index (χ2n) is 3.27. The summed E-state index contributed by atoms with van der Waals surface area (Å²) in [4.78, 5) is 21.5. The number of carbonyl (C=O) groups is 2. The van der Waals surface area contributed by atoms with Crippen LogP contribution in [-0.2, 0) is 4.79 Å². The highest BCUT2D eigenvalue weighted by atomic mass is 19.1. The summed E-state index contributed by atoms with van der Waals surface area (Å²) in [5, 5.41) is 8.49. The zero-order chi connectivity index (χ0) is 13.0. The number of carbonyl (C=O) groups excluding carboxylic acids is 1. The SMILES string of the molecule is COc1ccc(C(C)=O)c(F)c1/C=C/C(=O)O. The normalized spacial score (nSPS) is 10.5. The average molecular weight is 238 g/mol. The molecule has 1 aromatic rings. The van der Waals surface area contributed by atoms with Crippen molar-refractivity contribution in [3.8, 4) is 5.75 Å². The summed E-state index contributed by atoms with van der Waals surface area (Å²) in [6, 6.07) is 2.72. The number of hydrogen-bond donors (Lipinski definition) is 1. The molecule has 1 aromatic carbocycles. The van der Waals surface area contributed by atoms with Crippen molar-refractivity contribution in [3.05, 3.63) is 35.2 Å². The predicted molar refractivity (Wildman–Crippen MR) is 59.6 cm³/mol. The van der Waals surface area contributed by atoms with Crippen LogP contribution in [0, 0.1) is 5.82 Å². The topological polar surface area (TPSA) is 63.6 Å². The van der Waals surface area contributed by atoms with Crippen molar-refractivity contribution in [2.24, 2.45) is 0 Å². The van der Waals surface area contributed by atoms with Crippen molar-refractivity contribution in [2.45, 2.75) is 6.92 Å². The van der Waals surface area contributed by atoms with Crippen molar-refractivity contribution < 1.29 is 23.8 Å². The Bertz CT molecular complexity index is 492. The summed E-state index contributed by atoms with van der Waals surface area (Å²) in [6.07, 6.45) is 1.84. The van der Waals surface area contributed by atoms with Crippen molar-refractivity contribution in [1.29, 1.82) is 0 Å². The largest absolute Gasteiger partial charge is 0.496 e. The lowest BCUT2D eigenvalue weighted by Gasteiger charge is -2.08. The fraction of sp³-hybridized carbons (Fsp3) is 0.167. The van der Waals surface area contributed by atoms with Gasteiger partial charge in [-0.25, -0.2) is 9.18 Å². The molecular formula is C12H11FO4. The molecular weight excluding hydrogens is 227 g/mol. The summed E-state index contributed by atoms with van der Waals surface area (Å²) < 4.78 is 18.8. The molecule has 0 saturated carbocycles. The fourth-order valence-corrected chi connectivity index (χ4v) is 1.34. The van der Waals surface area contributed by atoms with Crippen LogP contribution in [0.2, 0.25) is 0 Å². The Kier molecular flexibility index (Phi) is 3.98. The second kappa shape index (κ2) is 5.25. The van der Waals surface area contributed by atoms with Crippen molar-refractivity contribution in [1.82, 2.24) is 0 Å². The van der Waals surface area contributed by atoms with Gasteiger partial charge in [0.15, 0.2) is 5.78 Å². The Balaban J connectivity index is 3.37. The van der Waals surface area contributed by atoms with Gasteiger partial charge in [0.2, 0.25) is 0 Å². The minimum Gasteiger partial charge on any atom is -0.496 e. The number of halogens is 1. The Morgan fingerprint density at radius 1 is 1.41 bits per heavy atom. The number of hydrogen-bond acceptors (Lipinski definition) is 3. The summed E-state index contributed by atoms with van der Waals surface area (Å²) in [5.41, 5.74) is -0.154. The summed E-state index contributed by atoms with van der Waals surface area (Å²) >= 11 is 0. The number of Topliss-reactive ketones (excluding diaryl/α,β-unsaturated/α-hetero) is 1. The van der Waals surface area contributed by atoms with E-state index in [1.807, 2.05) is 0 Å². The van der Waals surface area contributed by atoms with Crippen LogP contribution in [0.15, 0.2) is 18.2 Å². The van der Waals surface area contributed by atoms with Crippen LogP contribution in [0.25, 0.3) is 6.08 Å². The molecule has 0 aliphatic carbocycles. The molecule has 0 aromatic heterocycles. The molecule has 0 radical (unpaired) electrons. The van der Waals surface area contributed by atoms with Gasteiger partial charge in [-0.3, -0.25) is 4.79 Å². The first-order valence-corrected chi connectivity index (χ1v) is 4.75. The highest BCUT2D eigenvalue weighted by Gasteiger charge is 2.14. The monoisotopic (exact) mass is 238 g/mol. The van der Waals surface area contributed by atoms with E-state index in [-0.39, 0.29) is 16.9 Å². The van der Waals surface area contributed by atoms with Crippen LogP contribution < -0.4 is 4.74 Å². The molecule has 0 unspecified atom stereocenters. The third-order valence-corrected chi connectivity index (χ3v) is 2.13. The number of carboxylic acids is 1. The van der Waals surface area contributed by atoms with E-state index in [2.05, 4.69) is 0 Å². The number of rotatable bonds is 4. The zero-order valence-electron chi connectivity index (χ0n) is 9.36. The van der Waals surface area contributed by atoms with Crippen LogP contribution in [0.4, 0.5) is 4.39 Å². The third-order valence-electron chi connectivity index (χ3n) is 2.13. The van der Waals surface area contributed by atoms with Gasteiger partial charge < -0.3 is 9.84 Å². The Labute approximate surface area is 97.3 Å². The molecule has 0 bridgehead atoms. The quantitative estimate of drug-likeness (QED) is 0.644. The van der Waals surface area contributed by atoms with E-state index >= 15 is 0 Å². The van der Waals surface area contributed by atoms with Gasteiger partial charge in [-0.05, 0) is 25.1 Å². The van der Waals surface area contributed by atoms with E-state index in [1.165, 1.54) is 26.2 Å². The van der Waals surface area contributed by atoms with Gasteiger partial charge in [-0.15, -0.1) is 0 Å². The number of methoxy groups -OCH3 is 1. The van der Waals surface area contributed by atoms with Crippen LogP contribution in [0.3, 0.4) is 0 Å². The summed E-state index contributed by atoms with van der Waals surface area (Å²) in [7, 11) is 1.33. The minimum absolute atomic E-state index is 0.0531. The summed E-state index contributed by atoms with van der Waals surface area (Å²) in [6.45, 7) is 1.23. The molecule has 0 heterocycles. The Morgan fingerprint density at radius 2 is 2.06 bits per heavy atom. The highest BCUT2D eigenvalue weighted by molar-refractivity contribution is 5.96. The molecule has 4 nitrogen and oxygen atoms in total. The maximum atomic E-state index is 13.9. The van der Waals surface area contributed by atoms with Gasteiger partial charge >= 0.3 is 5.97 Å². The molecule has 0 aliphatic heterocycles. The van der Waals surface area contributed by atoms with E-state index in [1.54, 1.807) is 0 Å². The second-order valence-corrected chi connectivity index (χ2v) is 3.27. The molecule has 0 fully saturated rings. The lowest BCUT2D eigenvalue weighted by Crippen LogP contribution is -2.01. The van der Waals surface area contributed by atoms with Gasteiger partial charge in [0.05, 0.1) is 18.2 Å². The molecule has 0 saturated heterocycles. The fourth-order valence-electron chi connectivity index (χ4n) is 1.34. The van der Waals surface area contributed by atoms with Crippen molar-refractivity contribution >= 4 is 17.8 Å². The smallest absolute Gasteiger partial charge is 0.328 e. The maximum Gasteiger partial charge on any atom is 0.328 e. The number of ether oxygens (including phenoxy) is 1. The number of benzene rings is 1. The molecule has 5 heteroatoms. The van der Waals surface area contributed by atoms with E-state index in [9.17, 15) is 14.0 Å². The van der Waals surface area contributed by atoms with E-state index in [0.29, 0.717) is 0 Å². The first-order chi connectivity index (χ1) is 7.97. The molecule has 90 valence electrons. The van der Waals surface area contributed by atoms with Crippen LogP contribution in [0.5, 0.6) is 5.75 Å². The van der Waals surface area contributed by atoms with Crippen LogP contribution in [0.1, 0.15) is 22.8 Å². The summed E-state index contributed by atoms with van der Waals surface area (Å²) in [5.74, 6) is -2.26. The highest BCUT2D eigenvalue weighted by Crippen LogP contribution is 2.26. The van der Waals surface area contributed by atoms with E-state index in [0.717, 1.165) is 12.2 Å². The van der Waals surface area contributed by atoms with Gasteiger partial charge in [0, 0.05) is 6.08 Å². The molecule has 1 rings (SSSR count). The standard InChI is InChI=1S/C12H11FO4/c1-7(14)8-3-5-10(17-2)9(12(8)13)4-6-11(15)16/h3-6H,1-2H3,(H,15,16)/b6-4+. The Morgan fingerprint density at radius 3 is 2.53 bits per heavy atom. The first-order valence-electron chi connectivity index (χ1n) is 4.75. The molecule has 0 aliphatic rings. The zero-order valence-corrected chi connectivity index (χ0v) is 9.36. The van der Waals surface area contributed by atoms with Gasteiger partial charge in [-0.1, -0.05) is 0 Å². The molecule has 0 spiro atoms. The number of carboxylic acid groups (broad SMARTS) is 1. The van der Waals surface area contributed by atoms with Crippen LogP contribution in [-0.4, -0.2) is 24.0 Å².